The number of alkyl halides is 3. The Hall–Kier alpha value is -3.15. The number of rotatable bonds is 8. The van der Waals surface area contributed by atoms with E-state index >= 15 is 0 Å². The van der Waals surface area contributed by atoms with Gasteiger partial charge in [0.25, 0.3) is 11.8 Å². The number of benzene rings is 1. The standard InChI is InChI=1S/C21H22ClF3N4O5/c1-9-6-10(17(31)26-9)7-15(16(30)19(33)27-12-3-4-12)28-18(32)13-8-11(22)2-5-14(13)29-20(34)21(23,24)25/h2,5,8-10,12,15H,3-4,6-7H2,1H3,(H,26,31)(H,27,33)(H,28,32)(H,29,34)/t9-,10+,15+/m1/s1. The number of halogens is 4. The van der Waals surface area contributed by atoms with E-state index in [0.29, 0.717) is 19.3 Å². The number of hydrogen-bond acceptors (Lipinski definition) is 5. The highest BCUT2D eigenvalue weighted by Crippen LogP contribution is 2.26. The van der Waals surface area contributed by atoms with Gasteiger partial charge in [0, 0.05) is 23.0 Å². The molecule has 1 aliphatic carbocycles. The lowest BCUT2D eigenvalue weighted by Crippen LogP contribution is -2.49. The van der Waals surface area contributed by atoms with Gasteiger partial charge in [0.05, 0.1) is 17.3 Å². The van der Waals surface area contributed by atoms with E-state index in [4.69, 9.17) is 11.6 Å². The van der Waals surface area contributed by atoms with E-state index < -0.39 is 52.9 Å². The molecular weight excluding hydrogens is 481 g/mol. The van der Waals surface area contributed by atoms with Crippen LogP contribution in [0.15, 0.2) is 18.2 Å². The number of hydrogen-bond donors (Lipinski definition) is 4. The molecule has 0 spiro atoms. The molecule has 1 aromatic carbocycles. The maximum absolute atomic E-state index is 13.0. The fourth-order valence-electron chi connectivity index (χ4n) is 3.56. The molecule has 4 amide bonds. The van der Waals surface area contributed by atoms with Gasteiger partial charge in [0.2, 0.25) is 11.7 Å². The van der Waals surface area contributed by atoms with E-state index in [-0.39, 0.29) is 29.4 Å². The Morgan fingerprint density at radius 1 is 1.21 bits per heavy atom. The van der Waals surface area contributed by atoms with E-state index in [9.17, 15) is 37.1 Å². The largest absolute Gasteiger partial charge is 0.471 e. The van der Waals surface area contributed by atoms with Crippen LogP contribution in [0.5, 0.6) is 0 Å². The summed E-state index contributed by atoms with van der Waals surface area (Å²) in [4.78, 5) is 61.6. The second kappa shape index (κ2) is 10.00. The highest BCUT2D eigenvalue weighted by Gasteiger charge is 2.40. The van der Waals surface area contributed by atoms with Gasteiger partial charge in [-0.3, -0.25) is 24.0 Å². The molecule has 2 fully saturated rings. The maximum Gasteiger partial charge on any atom is 0.471 e. The van der Waals surface area contributed by atoms with E-state index in [1.807, 2.05) is 0 Å². The smallest absolute Gasteiger partial charge is 0.353 e. The molecule has 0 unspecified atom stereocenters. The third kappa shape index (κ3) is 6.46. The molecule has 34 heavy (non-hydrogen) atoms. The van der Waals surface area contributed by atoms with Gasteiger partial charge in [-0.25, -0.2) is 0 Å². The summed E-state index contributed by atoms with van der Waals surface area (Å²) >= 11 is 5.87. The van der Waals surface area contributed by atoms with Gasteiger partial charge in [-0.1, -0.05) is 11.6 Å². The van der Waals surface area contributed by atoms with Crippen LogP contribution in [-0.4, -0.2) is 53.7 Å². The normalized spacial score (nSPS) is 20.8. The topological polar surface area (TPSA) is 133 Å². The lowest BCUT2D eigenvalue weighted by molar-refractivity contribution is -0.167. The third-order valence-corrected chi connectivity index (χ3v) is 5.64. The molecule has 1 aromatic rings. The molecule has 3 rings (SSSR count). The van der Waals surface area contributed by atoms with Crippen LogP contribution in [-0.2, 0) is 19.2 Å². The summed E-state index contributed by atoms with van der Waals surface area (Å²) in [6, 6.07) is 1.45. The van der Waals surface area contributed by atoms with Crippen LogP contribution in [0, 0.1) is 5.92 Å². The van der Waals surface area contributed by atoms with Gasteiger partial charge in [-0.2, -0.15) is 13.2 Å². The molecule has 1 saturated heterocycles. The monoisotopic (exact) mass is 502 g/mol. The maximum atomic E-state index is 13.0. The van der Waals surface area contributed by atoms with Gasteiger partial charge in [0.15, 0.2) is 0 Å². The molecule has 1 aliphatic heterocycles. The zero-order valence-corrected chi connectivity index (χ0v) is 18.7. The van der Waals surface area contributed by atoms with E-state index in [0.717, 1.165) is 12.1 Å². The van der Waals surface area contributed by atoms with Crippen LogP contribution in [0.2, 0.25) is 5.02 Å². The molecule has 2 aliphatic rings. The molecule has 1 heterocycles. The molecule has 184 valence electrons. The SMILES string of the molecule is C[C@@H]1C[C@@H](C[C@H](NC(=O)c2cc(Cl)ccc2NC(=O)C(F)(F)F)C(=O)C(=O)NC2CC2)C(=O)N1. The van der Waals surface area contributed by atoms with Gasteiger partial charge in [-0.05, 0) is 50.8 Å². The van der Waals surface area contributed by atoms with Crippen LogP contribution in [0.1, 0.15) is 43.0 Å². The molecule has 4 N–H and O–H groups in total. The van der Waals surface area contributed by atoms with Crippen LogP contribution >= 0.6 is 11.6 Å². The lowest BCUT2D eigenvalue weighted by atomic mass is 9.93. The van der Waals surface area contributed by atoms with Gasteiger partial charge < -0.3 is 21.3 Å². The Kier molecular flexibility index (Phi) is 7.49. The van der Waals surface area contributed by atoms with E-state index in [1.54, 1.807) is 12.2 Å². The summed E-state index contributed by atoms with van der Waals surface area (Å²) < 4.78 is 38.1. The number of carbonyl (C=O) groups excluding carboxylic acids is 5. The summed E-state index contributed by atoms with van der Waals surface area (Å²) in [7, 11) is 0. The zero-order chi connectivity index (χ0) is 25.2. The fraction of sp³-hybridized carbons (Fsp3) is 0.476. The minimum Gasteiger partial charge on any atom is -0.353 e. The predicted molar refractivity (Wildman–Crippen MR) is 114 cm³/mol. The van der Waals surface area contributed by atoms with Gasteiger partial charge in [0.1, 0.15) is 0 Å². The zero-order valence-electron chi connectivity index (χ0n) is 17.9. The highest BCUT2D eigenvalue weighted by molar-refractivity contribution is 6.38. The third-order valence-electron chi connectivity index (χ3n) is 5.41. The number of Topliss-reactive ketones (excluding diaryl/α,β-unsaturated/α-hetero) is 1. The average Bonchev–Trinajstić information content (AvgIpc) is 3.50. The average molecular weight is 503 g/mol. The predicted octanol–water partition coefficient (Wildman–Crippen LogP) is 1.70. The fourth-order valence-corrected chi connectivity index (χ4v) is 3.73. The van der Waals surface area contributed by atoms with Crippen molar-refractivity contribution in [2.24, 2.45) is 5.92 Å². The van der Waals surface area contributed by atoms with E-state index in [1.165, 1.54) is 6.07 Å². The minimum atomic E-state index is -5.21. The van der Waals surface area contributed by atoms with Crippen molar-refractivity contribution in [2.75, 3.05) is 5.32 Å². The Labute approximate surface area is 197 Å². The van der Waals surface area contributed by atoms with Crippen molar-refractivity contribution in [1.82, 2.24) is 16.0 Å². The Morgan fingerprint density at radius 3 is 2.44 bits per heavy atom. The Balaban J connectivity index is 1.83. The number of carbonyl (C=O) groups is 5. The van der Waals surface area contributed by atoms with Crippen molar-refractivity contribution < 1.29 is 37.1 Å². The Bertz CT molecular complexity index is 1030. The summed E-state index contributed by atoms with van der Waals surface area (Å²) in [5.41, 5.74) is -0.945. The number of nitrogens with one attached hydrogen (secondary N) is 4. The highest BCUT2D eigenvalue weighted by atomic mass is 35.5. The van der Waals surface area contributed by atoms with Gasteiger partial charge in [-0.15, -0.1) is 0 Å². The number of ketones is 1. The van der Waals surface area contributed by atoms with Crippen LogP contribution in [0.4, 0.5) is 18.9 Å². The second-order valence-corrected chi connectivity index (χ2v) is 8.79. The molecule has 1 saturated carbocycles. The quantitative estimate of drug-likeness (QED) is 0.402. The summed E-state index contributed by atoms with van der Waals surface area (Å²) in [5.74, 6) is -6.29. The summed E-state index contributed by atoms with van der Waals surface area (Å²) in [6.45, 7) is 1.76. The summed E-state index contributed by atoms with van der Waals surface area (Å²) in [5, 5.41) is 9.10. The van der Waals surface area contributed by atoms with Crippen molar-refractivity contribution in [3.05, 3.63) is 28.8 Å². The van der Waals surface area contributed by atoms with Crippen molar-refractivity contribution in [2.45, 2.75) is 56.9 Å². The van der Waals surface area contributed by atoms with Crippen LogP contribution in [0.3, 0.4) is 0 Å². The van der Waals surface area contributed by atoms with Gasteiger partial charge >= 0.3 is 12.1 Å². The lowest BCUT2D eigenvalue weighted by Gasteiger charge is -2.21. The van der Waals surface area contributed by atoms with Crippen LogP contribution in [0.25, 0.3) is 0 Å². The number of amides is 4. The molecule has 13 heteroatoms. The van der Waals surface area contributed by atoms with Crippen molar-refractivity contribution in [3.8, 4) is 0 Å². The summed E-state index contributed by atoms with van der Waals surface area (Å²) in [6.07, 6.45) is -3.61. The van der Waals surface area contributed by atoms with Crippen LogP contribution < -0.4 is 21.3 Å². The molecule has 0 bridgehead atoms. The first-order valence-corrected chi connectivity index (χ1v) is 10.9. The van der Waals surface area contributed by atoms with Crippen molar-refractivity contribution >= 4 is 46.7 Å². The first kappa shape index (κ1) is 25.5. The molecule has 9 nitrogen and oxygen atoms in total. The number of anilines is 1. The van der Waals surface area contributed by atoms with E-state index in [2.05, 4.69) is 16.0 Å². The molecular formula is C21H22ClF3N4O5. The molecule has 0 aromatic heterocycles. The first-order valence-electron chi connectivity index (χ1n) is 10.5. The molecule has 3 atom stereocenters. The first-order chi connectivity index (χ1) is 15.8. The van der Waals surface area contributed by atoms with Crippen molar-refractivity contribution in [3.63, 3.8) is 0 Å². The molecule has 0 radical (unpaired) electrons. The Morgan fingerprint density at radius 2 is 1.88 bits per heavy atom. The van der Waals surface area contributed by atoms with Crippen molar-refractivity contribution in [1.29, 1.82) is 0 Å². The second-order valence-electron chi connectivity index (χ2n) is 8.36. The minimum absolute atomic E-state index is 0.0199.